The molecule has 2 fully saturated rings. The van der Waals surface area contributed by atoms with Gasteiger partial charge in [0.15, 0.2) is 0 Å². The quantitative estimate of drug-likeness (QED) is 0.791. The predicted octanol–water partition coefficient (Wildman–Crippen LogP) is 4.55. The van der Waals surface area contributed by atoms with Crippen LogP contribution in [0.5, 0.6) is 0 Å². The fourth-order valence-electron chi connectivity index (χ4n) is 3.35. The van der Waals surface area contributed by atoms with Crippen molar-refractivity contribution >= 4 is 17.7 Å². The minimum absolute atomic E-state index is 0.240. The van der Waals surface area contributed by atoms with Gasteiger partial charge in [0.1, 0.15) is 17.5 Å². The lowest BCUT2D eigenvalue weighted by Crippen LogP contribution is -2.44. The van der Waals surface area contributed by atoms with Crippen LogP contribution in [0.1, 0.15) is 56.8 Å². The number of hydrogen-bond donors (Lipinski definition) is 1. The van der Waals surface area contributed by atoms with Crippen LogP contribution in [0.2, 0.25) is 0 Å². The Morgan fingerprint density at radius 2 is 2.00 bits per heavy atom. The van der Waals surface area contributed by atoms with Crippen molar-refractivity contribution in [2.45, 2.75) is 51.2 Å². The number of halogens is 1. The van der Waals surface area contributed by atoms with E-state index in [4.69, 9.17) is 9.47 Å². The molecule has 2 heterocycles. The summed E-state index contributed by atoms with van der Waals surface area (Å²) in [5, 5.41) is 3.03. The van der Waals surface area contributed by atoms with Gasteiger partial charge in [-0.1, -0.05) is 6.07 Å². The van der Waals surface area contributed by atoms with Crippen molar-refractivity contribution < 1.29 is 18.7 Å². The largest absolute Gasteiger partial charge is 0.444 e. The molecule has 30 heavy (non-hydrogen) atoms. The summed E-state index contributed by atoms with van der Waals surface area (Å²) in [6.45, 7) is 6.43. The highest BCUT2D eigenvalue weighted by Crippen LogP contribution is 2.39. The Morgan fingerprint density at radius 3 is 2.63 bits per heavy atom. The van der Waals surface area contributed by atoms with E-state index in [1.54, 1.807) is 17.0 Å². The Balaban J connectivity index is 1.41. The fourth-order valence-corrected chi connectivity index (χ4v) is 3.35. The van der Waals surface area contributed by atoms with Gasteiger partial charge in [-0.25, -0.2) is 19.2 Å². The summed E-state index contributed by atoms with van der Waals surface area (Å²) in [5.74, 6) is 0.605. The molecule has 1 aliphatic carbocycles. The van der Waals surface area contributed by atoms with Crippen LogP contribution >= 0.6 is 0 Å². The van der Waals surface area contributed by atoms with Gasteiger partial charge in [-0.15, -0.1) is 0 Å². The molecule has 0 spiro atoms. The minimum Gasteiger partial charge on any atom is -0.444 e. The number of morpholine rings is 1. The molecule has 1 aliphatic heterocycles. The minimum atomic E-state index is -0.581. The van der Waals surface area contributed by atoms with E-state index >= 15 is 0 Å². The van der Waals surface area contributed by atoms with Crippen LogP contribution in [-0.2, 0) is 9.47 Å². The van der Waals surface area contributed by atoms with Crippen molar-refractivity contribution in [2.75, 3.05) is 25.0 Å². The first-order valence-corrected chi connectivity index (χ1v) is 10.3. The van der Waals surface area contributed by atoms with E-state index in [1.807, 2.05) is 33.2 Å². The zero-order valence-electron chi connectivity index (χ0n) is 17.5. The Hall–Kier alpha value is -2.74. The third-order valence-corrected chi connectivity index (χ3v) is 5.04. The average Bonchev–Trinajstić information content (AvgIpc) is 3.53. The third-order valence-electron chi connectivity index (χ3n) is 5.04. The number of nitrogens with zero attached hydrogens (tertiary/aromatic N) is 3. The summed E-state index contributed by atoms with van der Waals surface area (Å²) in [4.78, 5) is 22.5. The summed E-state index contributed by atoms with van der Waals surface area (Å²) in [6, 6.07) is 4.81. The van der Waals surface area contributed by atoms with E-state index in [2.05, 4.69) is 15.3 Å². The molecule has 1 aromatic carbocycles. The van der Waals surface area contributed by atoms with Crippen LogP contribution in [0.3, 0.4) is 0 Å². The van der Waals surface area contributed by atoms with E-state index in [-0.39, 0.29) is 6.54 Å². The molecule has 1 saturated carbocycles. The average molecular weight is 414 g/mol. The standard InChI is InChI=1S/C22H27FN4O3/c1-22(2,3)30-21(28)27-8-9-29-19(13-27)17-7-6-16(10-18(17)23)26-20-24-11-15(12-25-20)14-4-5-14/h6-7,10-12,14,19H,4-5,8-9,13H2,1-3H3,(H,24,25,26). The SMILES string of the molecule is CC(C)(C)OC(=O)N1CCOC(c2ccc(Nc3ncc(C4CC4)cn3)cc2F)C1. The molecule has 1 atom stereocenters. The maximum atomic E-state index is 14.8. The van der Waals surface area contributed by atoms with Crippen molar-refractivity contribution in [3.8, 4) is 0 Å². The number of anilines is 2. The van der Waals surface area contributed by atoms with Gasteiger partial charge in [0, 0.05) is 30.2 Å². The lowest BCUT2D eigenvalue weighted by atomic mass is 10.1. The van der Waals surface area contributed by atoms with Crippen molar-refractivity contribution in [3.63, 3.8) is 0 Å². The number of carbonyl (C=O) groups excluding carboxylic acids is 1. The molecule has 1 amide bonds. The van der Waals surface area contributed by atoms with Crippen molar-refractivity contribution in [2.24, 2.45) is 0 Å². The molecule has 0 radical (unpaired) electrons. The lowest BCUT2D eigenvalue weighted by molar-refractivity contribution is -0.0443. The number of ether oxygens (including phenoxy) is 2. The van der Waals surface area contributed by atoms with Gasteiger partial charge in [0.25, 0.3) is 0 Å². The van der Waals surface area contributed by atoms with Crippen molar-refractivity contribution in [3.05, 3.63) is 47.5 Å². The van der Waals surface area contributed by atoms with Crippen LogP contribution in [0.25, 0.3) is 0 Å². The van der Waals surface area contributed by atoms with Crippen LogP contribution < -0.4 is 5.32 Å². The Kier molecular flexibility index (Phi) is 5.60. The number of benzene rings is 1. The molecule has 160 valence electrons. The molecule has 0 bridgehead atoms. The molecule has 7 nitrogen and oxygen atoms in total. The van der Waals surface area contributed by atoms with E-state index in [1.165, 1.54) is 18.9 Å². The molecule has 2 aliphatic rings. The van der Waals surface area contributed by atoms with Gasteiger partial charge in [0.2, 0.25) is 5.95 Å². The number of nitrogens with one attached hydrogen (secondary N) is 1. The third kappa shape index (κ3) is 5.05. The monoisotopic (exact) mass is 414 g/mol. The van der Waals surface area contributed by atoms with E-state index in [0.29, 0.717) is 36.3 Å². The van der Waals surface area contributed by atoms with Gasteiger partial charge in [-0.2, -0.15) is 0 Å². The summed E-state index contributed by atoms with van der Waals surface area (Å²) in [7, 11) is 0. The molecule has 4 rings (SSSR count). The summed E-state index contributed by atoms with van der Waals surface area (Å²) in [6.07, 6.45) is 5.06. The molecule has 2 aromatic rings. The molecule has 1 saturated heterocycles. The highest BCUT2D eigenvalue weighted by atomic mass is 19.1. The first-order chi connectivity index (χ1) is 14.3. The maximum absolute atomic E-state index is 14.8. The molecular formula is C22H27FN4O3. The zero-order valence-corrected chi connectivity index (χ0v) is 17.5. The zero-order chi connectivity index (χ0) is 21.3. The lowest BCUT2D eigenvalue weighted by Gasteiger charge is -2.34. The summed E-state index contributed by atoms with van der Waals surface area (Å²) in [5.41, 5.74) is 1.52. The van der Waals surface area contributed by atoms with E-state index < -0.39 is 23.6 Å². The highest BCUT2D eigenvalue weighted by molar-refractivity contribution is 5.68. The van der Waals surface area contributed by atoms with E-state index in [9.17, 15) is 9.18 Å². The van der Waals surface area contributed by atoms with E-state index in [0.717, 1.165) is 5.56 Å². The second kappa shape index (κ2) is 8.18. The van der Waals surface area contributed by atoms with Crippen molar-refractivity contribution in [1.82, 2.24) is 14.9 Å². The van der Waals surface area contributed by atoms with Crippen LogP contribution in [0, 0.1) is 5.82 Å². The molecule has 1 unspecified atom stereocenters. The summed E-state index contributed by atoms with van der Waals surface area (Å²) >= 11 is 0. The van der Waals surface area contributed by atoms with Gasteiger partial charge < -0.3 is 19.7 Å². The highest BCUT2D eigenvalue weighted by Gasteiger charge is 2.30. The summed E-state index contributed by atoms with van der Waals surface area (Å²) < 4.78 is 26.0. The fraction of sp³-hybridized carbons (Fsp3) is 0.500. The molecule has 1 aromatic heterocycles. The smallest absolute Gasteiger partial charge is 0.410 e. The van der Waals surface area contributed by atoms with Crippen LogP contribution in [-0.4, -0.2) is 46.3 Å². The predicted molar refractivity (Wildman–Crippen MR) is 110 cm³/mol. The Bertz CT molecular complexity index is 910. The van der Waals surface area contributed by atoms with Crippen LogP contribution in [0.15, 0.2) is 30.6 Å². The maximum Gasteiger partial charge on any atom is 0.410 e. The van der Waals surface area contributed by atoms with Crippen molar-refractivity contribution in [1.29, 1.82) is 0 Å². The van der Waals surface area contributed by atoms with Gasteiger partial charge in [0.05, 0.1) is 13.2 Å². The van der Waals surface area contributed by atoms with Gasteiger partial charge in [-0.3, -0.25) is 0 Å². The second-order valence-electron chi connectivity index (χ2n) is 8.76. The Morgan fingerprint density at radius 1 is 1.27 bits per heavy atom. The second-order valence-corrected chi connectivity index (χ2v) is 8.76. The van der Waals surface area contributed by atoms with Gasteiger partial charge >= 0.3 is 6.09 Å². The number of rotatable bonds is 4. The normalized spacial score (nSPS) is 19.5. The van der Waals surface area contributed by atoms with Crippen LogP contribution in [0.4, 0.5) is 20.8 Å². The first kappa shape index (κ1) is 20.5. The first-order valence-electron chi connectivity index (χ1n) is 10.3. The topological polar surface area (TPSA) is 76.6 Å². The number of aromatic nitrogens is 2. The number of hydrogen-bond acceptors (Lipinski definition) is 6. The Labute approximate surface area is 175 Å². The molecule has 1 N–H and O–H groups in total. The molecular weight excluding hydrogens is 387 g/mol. The molecule has 8 heteroatoms. The number of carbonyl (C=O) groups is 1. The van der Waals surface area contributed by atoms with Gasteiger partial charge in [-0.05, 0) is 57.2 Å². The number of amides is 1.